The summed E-state index contributed by atoms with van der Waals surface area (Å²) in [5, 5.41) is 3.73. The standard InChI is InChI=1S/C13H12Cl2N2O2/c1-7-12(13(19)17(2)16-7)11(18)5-8-3-4-9(14)6-10(8)15/h3-4,6,16H,5H2,1-2H3. The van der Waals surface area contributed by atoms with Gasteiger partial charge >= 0.3 is 0 Å². The highest BCUT2D eigenvalue weighted by Crippen LogP contribution is 2.22. The van der Waals surface area contributed by atoms with Gasteiger partial charge in [0.1, 0.15) is 5.56 Å². The Kier molecular flexibility index (Phi) is 3.83. The number of benzene rings is 1. The fraction of sp³-hybridized carbons (Fsp3) is 0.231. The highest BCUT2D eigenvalue weighted by molar-refractivity contribution is 6.35. The third-order valence-corrected chi connectivity index (χ3v) is 3.46. The molecule has 1 aromatic heterocycles. The van der Waals surface area contributed by atoms with E-state index in [1.807, 2.05) is 0 Å². The van der Waals surface area contributed by atoms with Crippen LogP contribution in [0, 0.1) is 6.92 Å². The zero-order valence-corrected chi connectivity index (χ0v) is 12.0. The smallest absolute Gasteiger partial charge is 0.277 e. The molecule has 0 radical (unpaired) electrons. The van der Waals surface area contributed by atoms with Crippen molar-refractivity contribution in [1.82, 2.24) is 9.78 Å². The number of ketones is 1. The Labute approximate surface area is 119 Å². The van der Waals surface area contributed by atoms with E-state index in [4.69, 9.17) is 23.2 Å². The summed E-state index contributed by atoms with van der Waals surface area (Å²) in [6.45, 7) is 1.69. The molecular formula is C13H12Cl2N2O2. The number of aromatic amines is 1. The van der Waals surface area contributed by atoms with E-state index in [1.165, 1.54) is 4.68 Å². The fourth-order valence-electron chi connectivity index (χ4n) is 1.94. The van der Waals surface area contributed by atoms with Gasteiger partial charge in [0.2, 0.25) is 0 Å². The zero-order chi connectivity index (χ0) is 14.2. The van der Waals surface area contributed by atoms with Crippen molar-refractivity contribution in [3.05, 3.63) is 55.4 Å². The van der Waals surface area contributed by atoms with Crippen molar-refractivity contribution in [3.8, 4) is 0 Å². The lowest BCUT2D eigenvalue weighted by Gasteiger charge is -2.03. The van der Waals surface area contributed by atoms with Crippen LogP contribution in [0.25, 0.3) is 0 Å². The number of carbonyl (C=O) groups excluding carboxylic acids is 1. The Balaban J connectivity index is 2.33. The number of H-pyrrole nitrogens is 1. The topological polar surface area (TPSA) is 54.9 Å². The molecule has 1 aromatic carbocycles. The summed E-state index contributed by atoms with van der Waals surface area (Å²) < 4.78 is 1.28. The fourth-order valence-corrected chi connectivity index (χ4v) is 2.42. The highest BCUT2D eigenvalue weighted by Gasteiger charge is 2.18. The summed E-state index contributed by atoms with van der Waals surface area (Å²) in [6.07, 6.45) is 0.0733. The minimum Gasteiger partial charge on any atom is -0.300 e. The van der Waals surface area contributed by atoms with E-state index in [1.54, 1.807) is 32.2 Å². The SMILES string of the molecule is Cc1[nH]n(C)c(=O)c1C(=O)Cc1ccc(Cl)cc1Cl. The van der Waals surface area contributed by atoms with Crippen molar-refractivity contribution in [3.63, 3.8) is 0 Å². The van der Waals surface area contributed by atoms with Crippen molar-refractivity contribution in [2.45, 2.75) is 13.3 Å². The molecule has 0 spiro atoms. The second-order valence-corrected chi connectivity index (χ2v) is 5.16. The molecule has 0 aliphatic heterocycles. The van der Waals surface area contributed by atoms with E-state index in [0.717, 1.165) is 0 Å². The molecule has 100 valence electrons. The first-order valence-corrected chi connectivity index (χ1v) is 6.38. The summed E-state index contributed by atoms with van der Waals surface area (Å²) in [7, 11) is 1.57. The van der Waals surface area contributed by atoms with E-state index in [2.05, 4.69) is 5.10 Å². The van der Waals surface area contributed by atoms with E-state index in [-0.39, 0.29) is 23.3 Å². The van der Waals surface area contributed by atoms with Crippen LogP contribution >= 0.6 is 23.2 Å². The predicted octanol–water partition coefficient (Wildman–Crippen LogP) is 2.75. The Morgan fingerprint density at radius 2 is 2.05 bits per heavy atom. The van der Waals surface area contributed by atoms with E-state index in [9.17, 15) is 9.59 Å². The largest absolute Gasteiger partial charge is 0.300 e. The monoisotopic (exact) mass is 298 g/mol. The Hall–Kier alpha value is -1.52. The number of rotatable bonds is 3. The molecule has 0 atom stereocenters. The summed E-state index contributed by atoms with van der Waals surface area (Å²) in [6, 6.07) is 4.93. The first-order valence-electron chi connectivity index (χ1n) is 5.63. The second-order valence-electron chi connectivity index (χ2n) is 4.31. The predicted molar refractivity (Wildman–Crippen MR) is 75.3 cm³/mol. The van der Waals surface area contributed by atoms with Crippen LogP contribution in [0.2, 0.25) is 10.0 Å². The number of nitrogens with one attached hydrogen (secondary N) is 1. The van der Waals surface area contributed by atoms with Gasteiger partial charge in [0.05, 0.1) is 0 Å². The Bertz CT molecular complexity index is 701. The number of hydrogen-bond acceptors (Lipinski definition) is 2. The van der Waals surface area contributed by atoms with Gasteiger partial charge in [0.15, 0.2) is 5.78 Å². The average Bonchev–Trinajstić information content (AvgIpc) is 2.57. The Morgan fingerprint density at radius 3 is 2.58 bits per heavy atom. The number of halogens is 2. The van der Waals surface area contributed by atoms with Crippen molar-refractivity contribution in [1.29, 1.82) is 0 Å². The summed E-state index contributed by atoms with van der Waals surface area (Å²) in [4.78, 5) is 24.0. The molecule has 0 bridgehead atoms. The molecule has 0 unspecified atom stereocenters. The maximum atomic E-state index is 12.2. The van der Waals surface area contributed by atoms with Gasteiger partial charge in [0.25, 0.3) is 5.56 Å². The molecule has 1 N–H and O–H groups in total. The molecular weight excluding hydrogens is 287 g/mol. The van der Waals surface area contributed by atoms with E-state index in [0.29, 0.717) is 21.3 Å². The van der Waals surface area contributed by atoms with E-state index < -0.39 is 0 Å². The van der Waals surface area contributed by atoms with E-state index >= 15 is 0 Å². The molecule has 0 amide bonds. The highest BCUT2D eigenvalue weighted by atomic mass is 35.5. The second kappa shape index (κ2) is 5.23. The Morgan fingerprint density at radius 1 is 1.37 bits per heavy atom. The molecule has 0 fully saturated rings. The molecule has 4 nitrogen and oxygen atoms in total. The van der Waals surface area contributed by atoms with Crippen molar-refractivity contribution in [2.75, 3.05) is 0 Å². The normalized spacial score (nSPS) is 10.7. The third-order valence-electron chi connectivity index (χ3n) is 2.87. The maximum absolute atomic E-state index is 12.2. The van der Waals surface area contributed by atoms with Crippen molar-refractivity contribution >= 4 is 29.0 Å². The molecule has 0 aliphatic carbocycles. The van der Waals surface area contributed by atoms with Crippen LogP contribution in [0.4, 0.5) is 0 Å². The minimum atomic E-state index is -0.326. The summed E-state index contributed by atoms with van der Waals surface area (Å²) in [5.74, 6) is -0.261. The van der Waals surface area contributed by atoms with Crippen LogP contribution in [0.3, 0.4) is 0 Å². The lowest BCUT2D eigenvalue weighted by molar-refractivity contribution is 0.0991. The number of hydrogen-bond donors (Lipinski definition) is 1. The summed E-state index contributed by atoms with van der Waals surface area (Å²) >= 11 is 11.8. The molecule has 0 saturated carbocycles. The van der Waals surface area contributed by atoms with Gasteiger partial charge < -0.3 is 0 Å². The van der Waals surface area contributed by atoms with Crippen LogP contribution in [0.1, 0.15) is 21.6 Å². The van der Waals surface area contributed by atoms with Crippen molar-refractivity contribution < 1.29 is 4.79 Å². The number of Topliss-reactive ketones (excluding diaryl/α,β-unsaturated/α-hetero) is 1. The molecule has 2 rings (SSSR count). The number of nitrogens with zero attached hydrogens (tertiary/aromatic N) is 1. The molecule has 0 saturated heterocycles. The molecule has 6 heteroatoms. The molecule has 0 aliphatic rings. The quantitative estimate of drug-likeness (QED) is 0.886. The number of aromatic nitrogens is 2. The van der Waals surface area contributed by atoms with Crippen LogP contribution < -0.4 is 5.56 Å². The number of aryl methyl sites for hydroxylation is 2. The zero-order valence-electron chi connectivity index (χ0n) is 10.5. The molecule has 2 aromatic rings. The van der Waals surface area contributed by atoms with Crippen LogP contribution in [-0.4, -0.2) is 15.6 Å². The van der Waals surface area contributed by atoms with Crippen LogP contribution in [-0.2, 0) is 13.5 Å². The first-order chi connectivity index (χ1) is 8.90. The minimum absolute atomic E-state index is 0.0733. The molecule has 19 heavy (non-hydrogen) atoms. The maximum Gasteiger partial charge on any atom is 0.277 e. The van der Waals surface area contributed by atoms with Crippen LogP contribution in [0.15, 0.2) is 23.0 Å². The first kappa shape index (κ1) is 13.9. The van der Waals surface area contributed by atoms with Crippen LogP contribution in [0.5, 0.6) is 0 Å². The van der Waals surface area contributed by atoms with Gasteiger partial charge in [-0.25, -0.2) is 0 Å². The lowest BCUT2D eigenvalue weighted by atomic mass is 10.0. The lowest BCUT2D eigenvalue weighted by Crippen LogP contribution is -2.20. The average molecular weight is 299 g/mol. The third kappa shape index (κ3) is 2.74. The van der Waals surface area contributed by atoms with Gasteiger partial charge in [-0.05, 0) is 24.6 Å². The van der Waals surface area contributed by atoms with Crippen molar-refractivity contribution in [2.24, 2.45) is 7.05 Å². The van der Waals surface area contributed by atoms with Gasteiger partial charge in [-0.15, -0.1) is 0 Å². The molecule has 1 heterocycles. The van der Waals surface area contributed by atoms with Gasteiger partial charge in [0, 0.05) is 29.2 Å². The van der Waals surface area contributed by atoms with Gasteiger partial charge in [-0.1, -0.05) is 29.3 Å². The van der Waals surface area contributed by atoms with Gasteiger partial charge in [-0.3, -0.25) is 19.4 Å². The van der Waals surface area contributed by atoms with Gasteiger partial charge in [-0.2, -0.15) is 0 Å². The summed E-state index contributed by atoms with van der Waals surface area (Å²) in [5.41, 5.74) is 1.06. The number of carbonyl (C=O) groups is 1.